The molecule has 4 aliphatic rings. The number of benzene rings is 4. The molecule has 0 radical (unpaired) electrons. The molecule has 8 rings (SSSR count). The molecule has 0 atom stereocenters. The summed E-state index contributed by atoms with van der Waals surface area (Å²) in [5, 5.41) is 0. The molecular weight excluding hydrogens is 627 g/mol. The number of fused-ring (bicyclic) bond motifs is 10. The standard InChI is InChI=1S/C30H22N4O.Pt/c1-3-13-29-27(11-1)31-15-16-32-22-34(30-14-4-2-12-28(30)32)20-24-8-6-10-26(18-24)35-25-9-5-7-23(17-25)19-33(29)21-31;/h1-14H,15-16,19-20H2;/q-2;. The van der Waals surface area contributed by atoms with Crippen LogP contribution in [0.3, 0.4) is 0 Å². The molecule has 6 heteroatoms. The first kappa shape index (κ1) is 20.5. The second-order valence-corrected chi connectivity index (χ2v) is 11.8. The average molecular weight is 650 g/mol. The predicted octanol–water partition coefficient (Wildman–Crippen LogP) is 5.02. The third kappa shape index (κ3) is 3.12. The Kier molecular flexibility index (Phi) is 4.50. The Labute approximate surface area is 218 Å². The van der Waals surface area contributed by atoms with E-state index in [-0.39, 0.29) is 0 Å². The van der Waals surface area contributed by atoms with Crippen LogP contribution < -0.4 is 24.3 Å². The van der Waals surface area contributed by atoms with Crippen molar-refractivity contribution in [1.29, 1.82) is 0 Å². The fourth-order valence-corrected chi connectivity index (χ4v) is 9.03. The summed E-state index contributed by atoms with van der Waals surface area (Å²) in [5.41, 5.74) is 7.43. The Balaban J connectivity index is 1.40. The van der Waals surface area contributed by atoms with Crippen LogP contribution in [0, 0.1) is 12.1 Å². The molecule has 4 heterocycles. The van der Waals surface area contributed by atoms with Gasteiger partial charge in [0.1, 0.15) is 0 Å². The monoisotopic (exact) mass is 649 g/mol. The molecule has 4 aromatic rings. The molecule has 0 N–H and O–H groups in total. The summed E-state index contributed by atoms with van der Waals surface area (Å²) >= 11 is -0.502. The second-order valence-electron chi connectivity index (χ2n) is 9.20. The predicted molar refractivity (Wildman–Crippen MR) is 141 cm³/mol. The maximum absolute atomic E-state index is 6.24. The number of rotatable bonds is 0. The SMILES string of the molecule is [c-]1c2cccc1Oc1[c-]c(ccc1)CN1[C]3=[Pt]=[C]4N(CCN3c3ccccc31)c1ccccc1N4C2. The van der Waals surface area contributed by atoms with E-state index >= 15 is 0 Å². The van der Waals surface area contributed by atoms with Crippen LogP contribution in [-0.2, 0) is 30.7 Å². The van der Waals surface area contributed by atoms with Crippen molar-refractivity contribution in [3.63, 3.8) is 0 Å². The molecule has 180 valence electrons. The van der Waals surface area contributed by atoms with Gasteiger partial charge < -0.3 is 0 Å². The number of hydrogen-bond donors (Lipinski definition) is 0. The molecule has 0 amide bonds. The summed E-state index contributed by atoms with van der Waals surface area (Å²) in [6, 6.07) is 37.1. The van der Waals surface area contributed by atoms with Crippen molar-refractivity contribution in [3.8, 4) is 11.5 Å². The first-order valence-corrected chi connectivity index (χ1v) is 14.4. The van der Waals surface area contributed by atoms with Gasteiger partial charge in [0.05, 0.1) is 0 Å². The molecule has 0 saturated carbocycles. The van der Waals surface area contributed by atoms with Crippen LogP contribution in [0.5, 0.6) is 11.5 Å². The van der Waals surface area contributed by atoms with Gasteiger partial charge in [0.25, 0.3) is 0 Å². The Bertz CT molecular complexity index is 1490. The van der Waals surface area contributed by atoms with Gasteiger partial charge in [-0.15, -0.1) is 0 Å². The summed E-state index contributed by atoms with van der Waals surface area (Å²) < 4.78 is 9.11. The van der Waals surface area contributed by atoms with Crippen molar-refractivity contribution >= 4 is 31.0 Å². The number of para-hydroxylation sites is 4. The molecule has 0 spiro atoms. The molecule has 4 aliphatic heterocycles. The summed E-state index contributed by atoms with van der Waals surface area (Å²) in [5.74, 6) is 1.46. The van der Waals surface area contributed by atoms with Crippen LogP contribution in [0.25, 0.3) is 0 Å². The Morgan fingerprint density at radius 1 is 0.528 bits per heavy atom. The van der Waals surface area contributed by atoms with E-state index in [4.69, 9.17) is 4.74 Å². The van der Waals surface area contributed by atoms with Crippen molar-refractivity contribution in [3.05, 3.63) is 108 Å². The first-order valence-electron chi connectivity index (χ1n) is 12.1. The van der Waals surface area contributed by atoms with E-state index < -0.39 is 17.6 Å². The van der Waals surface area contributed by atoms with Crippen LogP contribution >= 0.6 is 0 Å². The van der Waals surface area contributed by atoms with Crippen molar-refractivity contribution in [2.24, 2.45) is 0 Å². The molecule has 0 unspecified atom stereocenters. The molecule has 6 bridgehead atoms. The zero-order chi connectivity index (χ0) is 23.6. The van der Waals surface area contributed by atoms with Gasteiger partial charge >= 0.3 is 219 Å². The minimum atomic E-state index is -0.502. The topological polar surface area (TPSA) is 22.2 Å². The average Bonchev–Trinajstić information content (AvgIpc) is 3.25. The fourth-order valence-electron chi connectivity index (χ4n) is 5.39. The molecule has 0 aliphatic carbocycles. The molecule has 0 fully saturated rings. The van der Waals surface area contributed by atoms with E-state index in [1.807, 2.05) is 12.1 Å². The van der Waals surface area contributed by atoms with Crippen molar-refractivity contribution < 1.29 is 22.4 Å². The van der Waals surface area contributed by atoms with E-state index in [0.717, 1.165) is 48.8 Å². The van der Waals surface area contributed by atoms with E-state index in [0.29, 0.717) is 0 Å². The summed E-state index contributed by atoms with van der Waals surface area (Å²) in [4.78, 5) is 10.2. The van der Waals surface area contributed by atoms with E-state index in [9.17, 15) is 0 Å². The third-order valence-electron chi connectivity index (χ3n) is 6.97. The zero-order valence-electron chi connectivity index (χ0n) is 19.4. The second kappa shape index (κ2) is 7.91. The summed E-state index contributed by atoms with van der Waals surface area (Å²) in [6.45, 7) is 3.46. The summed E-state index contributed by atoms with van der Waals surface area (Å²) in [6.07, 6.45) is 0. The number of hydrogen-bond acceptors (Lipinski definition) is 5. The van der Waals surface area contributed by atoms with Gasteiger partial charge in [0.15, 0.2) is 0 Å². The number of nitrogens with zero attached hydrogens (tertiary/aromatic N) is 4. The minimum absolute atomic E-state index is 0.502. The first-order chi connectivity index (χ1) is 17.8. The van der Waals surface area contributed by atoms with Crippen molar-refractivity contribution in [2.45, 2.75) is 13.1 Å². The molecule has 0 aromatic heterocycles. The van der Waals surface area contributed by atoms with Crippen LogP contribution in [-0.4, -0.2) is 21.4 Å². The number of anilines is 4. The van der Waals surface area contributed by atoms with Crippen LogP contribution in [0.4, 0.5) is 22.7 Å². The fraction of sp³-hybridized carbons (Fsp3) is 0.133. The van der Waals surface area contributed by atoms with Crippen molar-refractivity contribution in [2.75, 3.05) is 32.7 Å². The van der Waals surface area contributed by atoms with Gasteiger partial charge in [-0.25, -0.2) is 0 Å². The van der Waals surface area contributed by atoms with Crippen LogP contribution in [0.2, 0.25) is 0 Å². The van der Waals surface area contributed by atoms with E-state index in [2.05, 4.69) is 105 Å². The van der Waals surface area contributed by atoms with Gasteiger partial charge in [0.2, 0.25) is 0 Å². The Morgan fingerprint density at radius 2 is 0.972 bits per heavy atom. The molecule has 5 nitrogen and oxygen atoms in total. The number of ether oxygens (including phenoxy) is 1. The van der Waals surface area contributed by atoms with E-state index in [1.165, 1.54) is 31.0 Å². The third-order valence-corrected chi connectivity index (χ3v) is 10.4. The van der Waals surface area contributed by atoms with E-state index in [1.54, 1.807) is 0 Å². The molecule has 4 aromatic carbocycles. The Hall–Kier alpha value is -3.69. The zero-order valence-corrected chi connectivity index (χ0v) is 21.7. The molecule has 0 saturated heterocycles. The van der Waals surface area contributed by atoms with Gasteiger partial charge in [-0.3, -0.25) is 0 Å². The summed E-state index contributed by atoms with van der Waals surface area (Å²) in [7, 11) is 0. The maximum atomic E-state index is 6.24. The normalized spacial score (nSPS) is 17.6. The van der Waals surface area contributed by atoms with Crippen molar-refractivity contribution in [1.82, 2.24) is 0 Å². The van der Waals surface area contributed by atoms with Gasteiger partial charge in [-0.1, -0.05) is 0 Å². The van der Waals surface area contributed by atoms with Gasteiger partial charge in [-0.05, 0) is 0 Å². The molecule has 36 heavy (non-hydrogen) atoms. The van der Waals surface area contributed by atoms with Gasteiger partial charge in [-0.2, -0.15) is 0 Å². The quantitative estimate of drug-likeness (QED) is 0.249. The van der Waals surface area contributed by atoms with Crippen LogP contribution in [0.1, 0.15) is 11.1 Å². The van der Waals surface area contributed by atoms with Gasteiger partial charge in [0, 0.05) is 0 Å². The Morgan fingerprint density at radius 3 is 1.44 bits per heavy atom. The molecular formula is C30H22N4OPt-2. The van der Waals surface area contributed by atoms with Crippen LogP contribution in [0.15, 0.2) is 84.9 Å².